The minimum absolute atomic E-state index is 0.144. The quantitative estimate of drug-likeness (QED) is 0.497. The molecule has 3 atom stereocenters. The van der Waals surface area contributed by atoms with Gasteiger partial charge in [0, 0.05) is 44.3 Å². The Morgan fingerprint density at radius 3 is 2.51 bits per heavy atom. The molecule has 2 aromatic carbocycles. The van der Waals surface area contributed by atoms with Gasteiger partial charge in [0.25, 0.3) is 5.91 Å². The lowest BCUT2D eigenvalue weighted by Crippen LogP contribution is -2.50. The summed E-state index contributed by atoms with van der Waals surface area (Å²) in [4.78, 5) is 42.8. The third-order valence-electron chi connectivity index (χ3n) is 7.37. The fourth-order valence-corrected chi connectivity index (χ4v) is 4.85. The fraction of sp³-hybridized carbons (Fsp3) is 0.483. The Balaban J connectivity index is 1.62. The number of hydrogen-bond donors (Lipinski definition) is 3. The Labute approximate surface area is 229 Å². The van der Waals surface area contributed by atoms with Crippen LogP contribution in [-0.2, 0) is 9.53 Å². The van der Waals surface area contributed by atoms with Crippen molar-refractivity contribution in [3.8, 4) is 5.75 Å². The molecular weight excluding hydrogens is 500 g/mol. The van der Waals surface area contributed by atoms with Crippen molar-refractivity contribution in [3.63, 3.8) is 0 Å². The zero-order valence-corrected chi connectivity index (χ0v) is 22.8. The molecule has 2 aromatic rings. The molecule has 0 unspecified atom stereocenters. The molecule has 210 valence electrons. The van der Waals surface area contributed by atoms with Crippen LogP contribution in [0.15, 0.2) is 48.5 Å². The topological polar surface area (TPSA) is 120 Å². The molecule has 0 saturated carbocycles. The van der Waals surface area contributed by atoms with Crippen molar-refractivity contribution >= 4 is 29.2 Å². The van der Waals surface area contributed by atoms with Gasteiger partial charge in [-0.3, -0.25) is 9.59 Å². The van der Waals surface area contributed by atoms with Crippen LogP contribution in [0.2, 0.25) is 0 Å². The first-order valence-electron chi connectivity index (χ1n) is 13.5. The van der Waals surface area contributed by atoms with Gasteiger partial charge in [0.15, 0.2) is 5.75 Å². The normalized spacial score (nSPS) is 20.6. The first-order valence-corrected chi connectivity index (χ1v) is 13.5. The average molecular weight is 539 g/mol. The number of urea groups is 1. The number of amides is 4. The van der Waals surface area contributed by atoms with Crippen LogP contribution in [0.5, 0.6) is 5.75 Å². The summed E-state index contributed by atoms with van der Waals surface area (Å²) in [5.74, 6) is -0.537. The van der Waals surface area contributed by atoms with Gasteiger partial charge in [0.05, 0.1) is 30.4 Å². The van der Waals surface area contributed by atoms with E-state index in [-0.39, 0.29) is 48.6 Å². The summed E-state index contributed by atoms with van der Waals surface area (Å²) in [6.07, 6.45) is 0.755. The van der Waals surface area contributed by atoms with E-state index in [1.807, 2.05) is 37.3 Å². The van der Waals surface area contributed by atoms with Crippen molar-refractivity contribution in [1.82, 2.24) is 9.80 Å². The Kier molecular flexibility index (Phi) is 9.42. The van der Waals surface area contributed by atoms with E-state index in [2.05, 4.69) is 10.6 Å². The third kappa shape index (κ3) is 6.88. The molecule has 4 amide bonds. The molecule has 0 radical (unpaired) electrons. The lowest BCUT2D eigenvalue weighted by Gasteiger charge is -2.38. The number of anilines is 2. The number of carbonyl (C=O) groups excluding carboxylic acids is 3. The lowest BCUT2D eigenvalue weighted by molar-refractivity contribution is -0.122. The van der Waals surface area contributed by atoms with Crippen LogP contribution in [0.4, 0.5) is 16.2 Å². The molecule has 4 rings (SSSR count). The molecular formula is C29H38N4O6. The number of aliphatic hydroxyl groups is 1. The number of nitrogens with zero attached hydrogens (tertiary/aromatic N) is 2. The molecule has 2 heterocycles. The summed E-state index contributed by atoms with van der Waals surface area (Å²) < 4.78 is 11.9. The minimum atomic E-state index is -0.502. The van der Waals surface area contributed by atoms with Crippen LogP contribution >= 0.6 is 0 Å². The van der Waals surface area contributed by atoms with Crippen LogP contribution in [0, 0.1) is 11.8 Å². The van der Waals surface area contributed by atoms with E-state index >= 15 is 0 Å². The molecule has 0 bridgehead atoms. The molecule has 1 fully saturated rings. The Morgan fingerprint density at radius 1 is 1.10 bits per heavy atom. The number of benzene rings is 2. The van der Waals surface area contributed by atoms with Crippen molar-refractivity contribution in [2.75, 3.05) is 50.6 Å². The van der Waals surface area contributed by atoms with Crippen LogP contribution in [-0.4, -0.2) is 84.9 Å². The van der Waals surface area contributed by atoms with E-state index in [1.165, 1.54) is 0 Å². The van der Waals surface area contributed by atoms with E-state index in [0.717, 1.165) is 0 Å². The summed E-state index contributed by atoms with van der Waals surface area (Å²) >= 11 is 0. The Bertz CT molecular complexity index is 1150. The molecule has 10 nitrogen and oxygen atoms in total. The maximum Gasteiger partial charge on any atom is 0.321 e. The molecule has 0 spiro atoms. The maximum atomic E-state index is 13.6. The number of hydrogen-bond acceptors (Lipinski definition) is 6. The maximum absolute atomic E-state index is 13.6. The summed E-state index contributed by atoms with van der Waals surface area (Å²) in [5.41, 5.74) is 1.38. The monoisotopic (exact) mass is 538 g/mol. The van der Waals surface area contributed by atoms with Crippen LogP contribution in [0.1, 0.15) is 37.0 Å². The van der Waals surface area contributed by atoms with Crippen molar-refractivity contribution in [1.29, 1.82) is 0 Å². The highest BCUT2D eigenvalue weighted by molar-refractivity contribution is 6.02. The molecule has 3 N–H and O–H groups in total. The first-order chi connectivity index (χ1) is 18.8. The molecule has 0 aliphatic carbocycles. The number of nitrogens with one attached hydrogen (secondary N) is 2. The fourth-order valence-electron chi connectivity index (χ4n) is 4.85. The SMILES string of the molecule is C[C@H]1CN([C@@H](C)CO)C(=O)c2cccc(NC(=O)C3CCOCC3)c2O[C@@H]1CN(C)C(=O)Nc1ccccc1. The molecule has 39 heavy (non-hydrogen) atoms. The van der Waals surface area contributed by atoms with E-state index < -0.39 is 12.1 Å². The first kappa shape index (κ1) is 28.4. The van der Waals surface area contributed by atoms with Gasteiger partial charge >= 0.3 is 6.03 Å². The highest BCUT2D eigenvalue weighted by Gasteiger charge is 2.35. The molecule has 1 saturated heterocycles. The summed E-state index contributed by atoms with van der Waals surface area (Å²) in [5, 5.41) is 15.7. The Morgan fingerprint density at radius 2 is 1.82 bits per heavy atom. The van der Waals surface area contributed by atoms with E-state index in [0.29, 0.717) is 49.5 Å². The second-order valence-corrected chi connectivity index (χ2v) is 10.4. The molecule has 0 aromatic heterocycles. The number of likely N-dealkylation sites (N-methyl/N-ethyl adjacent to an activating group) is 1. The summed E-state index contributed by atoms with van der Waals surface area (Å²) in [6, 6.07) is 13.6. The van der Waals surface area contributed by atoms with Crippen molar-refractivity contribution < 1.29 is 29.0 Å². The predicted octanol–water partition coefficient (Wildman–Crippen LogP) is 3.44. The largest absolute Gasteiger partial charge is 0.485 e. The van der Waals surface area contributed by atoms with Crippen molar-refractivity contribution in [3.05, 3.63) is 54.1 Å². The molecule has 10 heteroatoms. The zero-order valence-electron chi connectivity index (χ0n) is 22.8. The van der Waals surface area contributed by atoms with Crippen molar-refractivity contribution in [2.45, 2.75) is 38.8 Å². The van der Waals surface area contributed by atoms with Gasteiger partial charge in [-0.2, -0.15) is 0 Å². The summed E-state index contributed by atoms with van der Waals surface area (Å²) in [7, 11) is 1.69. The van der Waals surface area contributed by atoms with Gasteiger partial charge in [-0.05, 0) is 44.0 Å². The lowest BCUT2D eigenvalue weighted by atomic mass is 9.98. The summed E-state index contributed by atoms with van der Waals surface area (Å²) in [6.45, 7) is 5.17. The number of fused-ring (bicyclic) bond motifs is 1. The van der Waals surface area contributed by atoms with Crippen molar-refractivity contribution in [2.24, 2.45) is 11.8 Å². The van der Waals surface area contributed by atoms with Gasteiger partial charge in [0.2, 0.25) is 5.91 Å². The number of ether oxygens (including phenoxy) is 2. The highest BCUT2D eigenvalue weighted by Crippen LogP contribution is 2.35. The Hall–Kier alpha value is -3.63. The van der Waals surface area contributed by atoms with Gasteiger partial charge in [-0.25, -0.2) is 4.79 Å². The third-order valence-corrected chi connectivity index (χ3v) is 7.37. The average Bonchev–Trinajstić information content (AvgIpc) is 2.95. The second-order valence-electron chi connectivity index (χ2n) is 10.4. The van der Waals surface area contributed by atoms with E-state index in [4.69, 9.17) is 9.47 Å². The smallest absolute Gasteiger partial charge is 0.321 e. The van der Waals surface area contributed by atoms with Gasteiger partial charge in [-0.1, -0.05) is 31.2 Å². The zero-order chi connectivity index (χ0) is 27.9. The predicted molar refractivity (Wildman–Crippen MR) is 148 cm³/mol. The number of carbonyl (C=O) groups is 3. The second kappa shape index (κ2) is 12.9. The molecule has 2 aliphatic rings. The molecule has 2 aliphatic heterocycles. The number of aliphatic hydroxyl groups excluding tert-OH is 1. The minimum Gasteiger partial charge on any atom is -0.485 e. The number of rotatable bonds is 7. The van der Waals surface area contributed by atoms with Gasteiger partial charge < -0.3 is 35.0 Å². The van der Waals surface area contributed by atoms with Crippen LogP contribution < -0.4 is 15.4 Å². The van der Waals surface area contributed by atoms with Crippen LogP contribution in [0.3, 0.4) is 0 Å². The van der Waals surface area contributed by atoms with E-state index in [1.54, 1.807) is 42.0 Å². The number of para-hydroxylation sites is 2. The van der Waals surface area contributed by atoms with Gasteiger partial charge in [-0.15, -0.1) is 0 Å². The van der Waals surface area contributed by atoms with Gasteiger partial charge in [0.1, 0.15) is 6.10 Å². The standard InChI is InChI=1S/C29H38N4O6/c1-19-16-33(20(2)18-34)28(36)23-10-7-11-24(31-27(35)21-12-14-38-15-13-21)26(23)39-25(19)17-32(3)29(37)30-22-8-5-4-6-9-22/h4-11,19-21,25,34H,12-18H2,1-3H3,(H,30,37)(H,31,35)/t19-,20-,25+/m0/s1. The highest BCUT2D eigenvalue weighted by atomic mass is 16.5. The van der Waals surface area contributed by atoms with Crippen LogP contribution in [0.25, 0.3) is 0 Å². The van der Waals surface area contributed by atoms with E-state index in [9.17, 15) is 19.5 Å².